The Kier molecular flexibility index (Phi) is 4.30. The lowest BCUT2D eigenvalue weighted by Crippen LogP contribution is -2.05. The molecule has 0 atom stereocenters. The fraction of sp³-hybridized carbons (Fsp3) is 0.389. The maximum atomic E-state index is 12.4. The van der Waals surface area contributed by atoms with Gasteiger partial charge >= 0.3 is 0 Å². The van der Waals surface area contributed by atoms with E-state index < -0.39 is 0 Å². The average Bonchev–Trinajstić information content (AvgIpc) is 2.97. The number of benzene rings is 1. The van der Waals surface area contributed by atoms with E-state index in [2.05, 4.69) is 22.1 Å². The minimum absolute atomic E-state index is 0.152. The Morgan fingerprint density at radius 2 is 1.77 bits per heavy atom. The number of hydrogen-bond donors (Lipinski definition) is 0. The van der Waals surface area contributed by atoms with Crippen molar-refractivity contribution in [2.45, 2.75) is 45.2 Å². The molecule has 114 valence electrons. The Labute approximate surface area is 135 Å². The van der Waals surface area contributed by atoms with E-state index in [4.69, 9.17) is 0 Å². The Bertz CT molecular complexity index is 717. The van der Waals surface area contributed by atoms with Gasteiger partial charge in [0.15, 0.2) is 10.9 Å². The summed E-state index contributed by atoms with van der Waals surface area (Å²) in [6, 6.07) is 6.13. The van der Waals surface area contributed by atoms with Crippen LogP contribution in [-0.2, 0) is 12.8 Å². The second-order valence-corrected chi connectivity index (χ2v) is 6.79. The van der Waals surface area contributed by atoms with E-state index in [1.165, 1.54) is 29.3 Å². The number of hydrogen-bond acceptors (Lipinski definition) is 4. The Balaban J connectivity index is 1.70. The first-order valence-corrected chi connectivity index (χ1v) is 8.63. The molecule has 0 saturated carbocycles. The zero-order chi connectivity index (χ0) is 15.7. The van der Waals surface area contributed by atoms with Gasteiger partial charge in [0, 0.05) is 17.0 Å². The third-order valence-electron chi connectivity index (χ3n) is 4.36. The van der Waals surface area contributed by atoms with Crippen LogP contribution >= 0.6 is 11.8 Å². The third-order valence-corrected chi connectivity index (χ3v) is 5.21. The summed E-state index contributed by atoms with van der Waals surface area (Å²) in [5.74, 6) is 0.542. The molecule has 3 nitrogen and oxygen atoms in total. The number of ketones is 1. The number of carbonyl (C=O) groups excluding carboxylic acids is 1. The molecule has 0 spiro atoms. The highest BCUT2D eigenvalue weighted by molar-refractivity contribution is 7.99. The molecule has 22 heavy (non-hydrogen) atoms. The molecular weight excluding hydrogens is 292 g/mol. The summed E-state index contributed by atoms with van der Waals surface area (Å²) in [5, 5.41) is 0.690. The van der Waals surface area contributed by atoms with Crippen LogP contribution in [0.25, 0.3) is 0 Å². The quantitative estimate of drug-likeness (QED) is 0.488. The molecule has 0 saturated heterocycles. The van der Waals surface area contributed by atoms with Crippen molar-refractivity contribution in [3.63, 3.8) is 0 Å². The molecule has 1 aromatic heterocycles. The van der Waals surface area contributed by atoms with E-state index >= 15 is 0 Å². The van der Waals surface area contributed by atoms with Crippen molar-refractivity contribution in [2.24, 2.45) is 0 Å². The van der Waals surface area contributed by atoms with Gasteiger partial charge in [-0.1, -0.05) is 23.9 Å². The molecule has 3 rings (SSSR count). The van der Waals surface area contributed by atoms with E-state index in [1.807, 2.05) is 26.8 Å². The summed E-state index contributed by atoms with van der Waals surface area (Å²) in [4.78, 5) is 21.3. The van der Waals surface area contributed by atoms with Crippen molar-refractivity contribution >= 4 is 17.5 Å². The van der Waals surface area contributed by atoms with Gasteiger partial charge in [-0.15, -0.1) is 0 Å². The van der Waals surface area contributed by atoms with Crippen LogP contribution in [0.2, 0.25) is 0 Å². The van der Waals surface area contributed by atoms with Crippen molar-refractivity contribution in [1.29, 1.82) is 0 Å². The number of fused-ring (bicyclic) bond motifs is 1. The second kappa shape index (κ2) is 6.21. The van der Waals surface area contributed by atoms with E-state index in [-0.39, 0.29) is 5.78 Å². The van der Waals surface area contributed by atoms with Crippen molar-refractivity contribution < 1.29 is 4.79 Å². The molecule has 4 heteroatoms. The Morgan fingerprint density at radius 3 is 2.50 bits per heavy atom. The number of thioether (sulfide) groups is 1. The lowest BCUT2D eigenvalue weighted by molar-refractivity contribution is 0.102. The maximum Gasteiger partial charge on any atom is 0.188 e. The molecule has 0 radical (unpaired) electrons. The van der Waals surface area contributed by atoms with Crippen LogP contribution in [0.1, 0.15) is 44.9 Å². The predicted octanol–water partition coefficient (Wildman–Crippen LogP) is 3.87. The third kappa shape index (κ3) is 3.07. The topological polar surface area (TPSA) is 42.9 Å². The van der Waals surface area contributed by atoms with Gasteiger partial charge in [-0.25, -0.2) is 9.97 Å². The molecule has 2 aromatic rings. The highest BCUT2D eigenvalue weighted by atomic mass is 32.2. The van der Waals surface area contributed by atoms with Gasteiger partial charge in [0.25, 0.3) is 0 Å². The number of rotatable bonds is 4. The van der Waals surface area contributed by atoms with Crippen LogP contribution in [0.5, 0.6) is 0 Å². The van der Waals surface area contributed by atoms with Gasteiger partial charge in [-0.05, 0) is 62.8 Å². The van der Waals surface area contributed by atoms with E-state index in [0.29, 0.717) is 10.9 Å². The first-order chi connectivity index (χ1) is 10.5. The van der Waals surface area contributed by atoms with Gasteiger partial charge in [0.05, 0.1) is 5.75 Å². The summed E-state index contributed by atoms with van der Waals surface area (Å²) >= 11 is 1.42. The average molecular weight is 312 g/mol. The minimum Gasteiger partial charge on any atom is -0.293 e. The van der Waals surface area contributed by atoms with Crippen LogP contribution in [0, 0.1) is 20.8 Å². The van der Waals surface area contributed by atoms with Crippen molar-refractivity contribution in [3.8, 4) is 0 Å². The predicted molar refractivity (Wildman–Crippen MR) is 89.8 cm³/mol. The molecule has 0 fully saturated rings. The van der Waals surface area contributed by atoms with Gasteiger partial charge in [0.2, 0.25) is 0 Å². The first kappa shape index (κ1) is 15.2. The smallest absolute Gasteiger partial charge is 0.188 e. The SMILES string of the molecule is Cc1nc(SCC(=O)c2ccc3c(c2)CCC3)nc(C)c1C. The van der Waals surface area contributed by atoms with Gasteiger partial charge < -0.3 is 0 Å². The number of aryl methyl sites for hydroxylation is 4. The molecule has 1 heterocycles. The highest BCUT2D eigenvalue weighted by Gasteiger charge is 2.15. The minimum atomic E-state index is 0.152. The number of carbonyl (C=O) groups is 1. The van der Waals surface area contributed by atoms with Crippen LogP contribution in [0.3, 0.4) is 0 Å². The van der Waals surface area contributed by atoms with Crippen molar-refractivity contribution in [3.05, 3.63) is 51.8 Å². The molecule has 0 bridgehead atoms. The van der Waals surface area contributed by atoms with Crippen molar-refractivity contribution in [1.82, 2.24) is 9.97 Å². The zero-order valence-corrected chi connectivity index (χ0v) is 14.1. The van der Waals surface area contributed by atoms with Crippen LogP contribution in [-0.4, -0.2) is 21.5 Å². The largest absolute Gasteiger partial charge is 0.293 e. The van der Waals surface area contributed by atoms with Crippen molar-refractivity contribution in [2.75, 3.05) is 5.75 Å². The van der Waals surface area contributed by atoms with Crippen LogP contribution < -0.4 is 0 Å². The Hall–Kier alpha value is -1.68. The summed E-state index contributed by atoms with van der Waals surface area (Å²) < 4.78 is 0. The molecule has 1 aliphatic rings. The molecule has 0 unspecified atom stereocenters. The molecule has 0 N–H and O–H groups in total. The standard InChI is InChI=1S/C18H20N2OS/c1-11-12(2)19-18(20-13(11)3)22-10-17(21)16-8-7-14-5-4-6-15(14)9-16/h7-9H,4-6,10H2,1-3H3. The zero-order valence-electron chi connectivity index (χ0n) is 13.3. The summed E-state index contributed by atoms with van der Waals surface area (Å²) in [6.07, 6.45) is 3.45. The monoisotopic (exact) mass is 312 g/mol. The molecule has 0 amide bonds. The van der Waals surface area contributed by atoms with Gasteiger partial charge in [-0.3, -0.25) is 4.79 Å². The fourth-order valence-electron chi connectivity index (χ4n) is 2.76. The number of Topliss-reactive ketones (excluding diaryl/α,β-unsaturated/α-hetero) is 1. The number of aromatic nitrogens is 2. The van der Waals surface area contributed by atoms with E-state index in [0.717, 1.165) is 35.4 Å². The molecule has 1 aliphatic carbocycles. The van der Waals surface area contributed by atoms with Crippen LogP contribution in [0.15, 0.2) is 23.4 Å². The summed E-state index contributed by atoms with van der Waals surface area (Å²) in [6.45, 7) is 5.99. The van der Waals surface area contributed by atoms with E-state index in [9.17, 15) is 4.79 Å². The fourth-order valence-corrected chi connectivity index (χ4v) is 3.59. The summed E-state index contributed by atoms with van der Waals surface area (Å²) in [5.41, 5.74) is 6.65. The summed E-state index contributed by atoms with van der Waals surface area (Å²) in [7, 11) is 0. The lowest BCUT2D eigenvalue weighted by atomic mass is 10.0. The molecule has 1 aromatic carbocycles. The highest BCUT2D eigenvalue weighted by Crippen LogP contribution is 2.24. The van der Waals surface area contributed by atoms with Crippen LogP contribution in [0.4, 0.5) is 0 Å². The van der Waals surface area contributed by atoms with Gasteiger partial charge in [-0.2, -0.15) is 0 Å². The lowest BCUT2D eigenvalue weighted by Gasteiger charge is -2.07. The maximum absolute atomic E-state index is 12.4. The Morgan fingerprint density at radius 1 is 1.09 bits per heavy atom. The second-order valence-electron chi connectivity index (χ2n) is 5.85. The normalized spacial score (nSPS) is 13.2. The molecular formula is C18H20N2OS. The number of nitrogens with zero attached hydrogens (tertiary/aromatic N) is 2. The van der Waals surface area contributed by atoms with E-state index in [1.54, 1.807) is 0 Å². The van der Waals surface area contributed by atoms with Gasteiger partial charge in [0.1, 0.15) is 0 Å². The first-order valence-electron chi connectivity index (χ1n) is 7.64. The molecule has 0 aliphatic heterocycles.